The van der Waals surface area contributed by atoms with Crippen LogP contribution in [0.25, 0.3) is 0 Å². The minimum absolute atomic E-state index is 0.143. The second-order valence-corrected chi connectivity index (χ2v) is 8.41. The maximum Gasteiger partial charge on any atom is 0.273 e. The van der Waals surface area contributed by atoms with Gasteiger partial charge in [0.2, 0.25) is 0 Å². The van der Waals surface area contributed by atoms with Gasteiger partial charge in [-0.2, -0.15) is 5.26 Å². The average Bonchev–Trinajstić information content (AvgIpc) is 2.69. The van der Waals surface area contributed by atoms with Crippen LogP contribution >= 0.6 is 0 Å². The number of benzene rings is 1. The molecule has 2 aromatic rings. The maximum absolute atomic E-state index is 12.6. The Bertz CT molecular complexity index is 947. The molecule has 0 radical (unpaired) electrons. The zero-order chi connectivity index (χ0) is 21.4. The molecule has 1 aromatic carbocycles. The highest BCUT2D eigenvalue weighted by atomic mass is 16.5. The predicted molar refractivity (Wildman–Crippen MR) is 106 cm³/mol. The zero-order valence-electron chi connectivity index (χ0n) is 17.5. The highest BCUT2D eigenvalue weighted by Gasteiger charge is 2.64. The first-order chi connectivity index (χ1) is 13.6. The van der Waals surface area contributed by atoms with E-state index in [1.54, 1.807) is 25.1 Å². The Morgan fingerprint density at radius 2 is 1.90 bits per heavy atom. The topological polar surface area (TPSA) is 110 Å². The lowest BCUT2D eigenvalue weighted by Crippen LogP contribution is -2.74. The fraction of sp³-hybridized carbons (Fsp3) is 0.476. The number of aryl methyl sites for hydroxylation is 1. The lowest BCUT2D eigenvalue weighted by atomic mass is 9.49. The van der Waals surface area contributed by atoms with E-state index < -0.39 is 0 Å². The van der Waals surface area contributed by atoms with Crippen molar-refractivity contribution in [1.82, 2.24) is 20.5 Å². The third-order valence-electron chi connectivity index (χ3n) is 5.57. The summed E-state index contributed by atoms with van der Waals surface area (Å²) < 4.78 is 11.5. The van der Waals surface area contributed by atoms with Crippen LogP contribution in [0.2, 0.25) is 0 Å². The molecule has 3 rings (SSSR count). The number of ether oxygens (including phenoxy) is 2. The van der Waals surface area contributed by atoms with Gasteiger partial charge in [-0.3, -0.25) is 4.79 Å². The molecule has 1 fully saturated rings. The van der Waals surface area contributed by atoms with Crippen molar-refractivity contribution >= 4 is 5.91 Å². The molecule has 1 amide bonds. The van der Waals surface area contributed by atoms with Gasteiger partial charge in [0.05, 0.1) is 18.9 Å². The van der Waals surface area contributed by atoms with Crippen molar-refractivity contribution in [3.05, 3.63) is 41.5 Å². The third kappa shape index (κ3) is 3.60. The van der Waals surface area contributed by atoms with Crippen LogP contribution in [0, 0.1) is 29.1 Å². The van der Waals surface area contributed by atoms with Crippen molar-refractivity contribution in [3.63, 3.8) is 0 Å². The summed E-state index contributed by atoms with van der Waals surface area (Å²) in [4.78, 5) is 16.6. The zero-order valence-corrected chi connectivity index (χ0v) is 17.5. The third-order valence-corrected chi connectivity index (χ3v) is 5.57. The number of nitrogens with one attached hydrogen (secondary N) is 1. The second kappa shape index (κ2) is 7.32. The first-order valence-electron chi connectivity index (χ1n) is 9.33. The Kier molecular flexibility index (Phi) is 5.18. The van der Waals surface area contributed by atoms with Gasteiger partial charge in [-0.1, -0.05) is 27.7 Å². The summed E-state index contributed by atoms with van der Waals surface area (Å²) in [5.41, 5.74) is -0.0501. The van der Waals surface area contributed by atoms with Crippen molar-refractivity contribution in [3.8, 4) is 17.6 Å². The van der Waals surface area contributed by atoms with Crippen LogP contribution in [0.1, 0.15) is 49.6 Å². The number of carbonyl (C=O) groups excluding carboxylic acids is 1. The Morgan fingerprint density at radius 3 is 2.45 bits per heavy atom. The van der Waals surface area contributed by atoms with Crippen molar-refractivity contribution in [2.45, 2.75) is 46.8 Å². The smallest absolute Gasteiger partial charge is 0.273 e. The maximum atomic E-state index is 12.6. The van der Waals surface area contributed by atoms with E-state index in [1.807, 2.05) is 27.7 Å². The molecule has 1 N–H and O–H groups in total. The molecule has 1 saturated carbocycles. The van der Waals surface area contributed by atoms with Crippen molar-refractivity contribution in [2.24, 2.45) is 10.8 Å². The predicted octanol–water partition coefficient (Wildman–Crippen LogP) is 2.67. The standard InChI is InChI=1S/C21H25N5O3/c1-12-23-11-15(26-25-12)17(27)24-18-20(2,3)19(21(18,4)5)29-14-8-7-13(10-22)16(9-14)28-6/h7-9,11,18-19H,1-6H3,(H,24,27). The molecule has 1 aliphatic carbocycles. The van der Waals surface area contributed by atoms with Crippen molar-refractivity contribution in [2.75, 3.05) is 7.11 Å². The minimum Gasteiger partial charge on any atom is -0.495 e. The Balaban J connectivity index is 1.77. The molecule has 1 aliphatic rings. The fourth-order valence-electron chi connectivity index (χ4n) is 4.41. The molecule has 0 bridgehead atoms. The molecule has 152 valence electrons. The summed E-state index contributed by atoms with van der Waals surface area (Å²) in [6, 6.07) is 7.09. The largest absolute Gasteiger partial charge is 0.495 e. The molecule has 0 saturated heterocycles. The van der Waals surface area contributed by atoms with Crippen LogP contribution in [-0.4, -0.2) is 40.3 Å². The van der Waals surface area contributed by atoms with E-state index in [0.717, 1.165) is 0 Å². The highest BCUT2D eigenvalue weighted by molar-refractivity contribution is 5.92. The summed E-state index contributed by atoms with van der Waals surface area (Å²) in [6.07, 6.45) is 1.26. The normalized spacial score (nSPS) is 21.4. The van der Waals surface area contributed by atoms with Gasteiger partial charge in [-0.05, 0) is 19.1 Å². The van der Waals surface area contributed by atoms with Gasteiger partial charge in [-0.15, -0.1) is 10.2 Å². The summed E-state index contributed by atoms with van der Waals surface area (Å²) in [5, 5.41) is 20.0. The number of nitriles is 1. The lowest BCUT2D eigenvalue weighted by molar-refractivity contribution is -0.164. The number of hydrogen-bond acceptors (Lipinski definition) is 7. The van der Waals surface area contributed by atoms with E-state index in [4.69, 9.17) is 14.7 Å². The fourth-order valence-corrected chi connectivity index (χ4v) is 4.41. The Morgan fingerprint density at radius 1 is 1.21 bits per heavy atom. The van der Waals surface area contributed by atoms with Gasteiger partial charge in [0.1, 0.15) is 29.5 Å². The van der Waals surface area contributed by atoms with E-state index in [9.17, 15) is 4.79 Å². The molecular formula is C21H25N5O3. The number of hydrogen-bond donors (Lipinski definition) is 1. The van der Waals surface area contributed by atoms with E-state index >= 15 is 0 Å². The van der Waals surface area contributed by atoms with Gasteiger partial charge in [0, 0.05) is 22.9 Å². The van der Waals surface area contributed by atoms with Crippen LogP contribution in [-0.2, 0) is 0 Å². The van der Waals surface area contributed by atoms with Crippen LogP contribution in [0.3, 0.4) is 0 Å². The second-order valence-electron chi connectivity index (χ2n) is 8.41. The molecule has 0 atom stereocenters. The van der Waals surface area contributed by atoms with Crippen LogP contribution < -0.4 is 14.8 Å². The van der Waals surface area contributed by atoms with Gasteiger partial charge >= 0.3 is 0 Å². The first kappa shape index (κ1) is 20.5. The average molecular weight is 395 g/mol. The summed E-state index contributed by atoms with van der Waals surface area (Å²) >= 11 is 0. The lowest BCUT2D eigenvalue weighted by Gasteiger charge is -2.63. The molecule has 0 unspecified atom stereocenters. The molecule has 0 spiro atoms. The summed E-state index contributed by atoms with van der Waals surface area (Å²) in [5.74, 6) is 1.28. The number of carbonyl (C=O) groups is 1. The number of rotatable bonds is 5. The highest BCUT2D eigenvalue weighted by Crippen LogP contribution is 2.55. The van der Waals surface area contributed by atoms with Crippen LogP contribution in [0.4, 0.5) is 0 Å². The van der Waals surface area contributed by atoms with E-state index in [1.165, 1.54) is 13.3 Å². The van der Waals surface area contributed by atoms with Gasteiger partial charge in [0.15, 0.2) is 5.69 Å². The SMILES string of the molecule is COc1cc(OC2C(C)(C)C(NC(=O)c3cnc(C)nn3)C2(C)C)ccc1C#N. The molecule has 1 aromatic heterocycles. The number of amides is 1. The first-order valence-corrected chi connectivity index (χ1v) is 9.33. The minimum atomic E-state index is -0.341. The quantitative estimate of drug-likeness (QED) is 0.828. The van der Waals surface area contributed by atoms with Gasteiger partial charge in [0.25, 0.3) is 5.91 Å². The molecule has 0 aliphatic heterocycles. The van der Waals surface area contributed by atoms with Gasteiger partial charge in [-0.25, -0.2) is 4.98 Å². The summed E-state index contributed by atoms with van der Waals surface area (Å²) in [6.45, 7) is 9.91. The Hall–Kier alpha value is -3.21. The molecule has 8 heteroatoms. The molecule has 29 heavy (non-hydrogen) atoms. The number of methoxy groups -OCH3 is 1. The van der Waals surface area contributed by atoms with Crippen LogP contribution in [0.5, 0.6) is 11.5 Å². The van der Waals surface area contributed by atoms with E-state index in [0.29, 0.717) is 22.9 Å². The molecule has 8 nitrogen and oxygen atoms in total. The molecule has 1 heterocycles. The van der Waals surface area contributed by atoms with Crippen molar-refractivity contribution < 1.29 is 14.3 Å². The van der Waals surface area contributed by atoms with Crippen molar-refractivity contribution in [1.29, 1.82) is 5.26 Å². The van der Waals surface area contributed by atoms with E-state index in [-0.39, 0.29) is 34.6 Å². The monoisotopic (exact) mass is 395 g/mol. The summed E-state index contributed by atoms with van der Waals surface area (Å²) in [7, 11) is 1.52. The Labute approximate surface area is 170 Å². The molecular weight excluding hydrogens is 370 g/mol. The van der Waals surface area contributed by atoms with Crippen LogP contribution in [0.15, 0.2) is 24.4 Å². The van der Waals surface area contributed by atoms with E-state index in [2.05, 4.69) is 26.6 Å². The number of nitrogens with zero attached hydrogens (tertiary/aromatic N) is 4. The van der Waals surface area contributed by atoms with Gasteiger partial charge < -0.3 is 14.8 Å². The number of aromatic nitrogens is 3.